The van der Waals surface area contributed by atoms with E-state index in [1.54, 1.807) is 39.8 Å². The van der Waals surface area contributed by atoms with E-state index in [1.165, 1.54) is 11.8 Å². The van der Waals surface area contributed by atoms with E-state index >= 15 is 0 Å². The molecule has 0 aliphatic rings. The van der Waals surface area contributed by atoms with Crippen molar-refractivity contribution in [2.24, 2.45) is 5.92 Å². The van der Waals surface area contributed by atoms with Crippen LogP contribution in [0.5, 0.6) is 0 Å². The van der Waals surface area contributed by atoms with E-state index in [9.17, 15) is 28.8 Å². The highest BCUT2D eigenvalue weighted by Gasteiger charge is 2.32. The third kappa shape index (κ3) is 14.5. The molecule has 0 saturated heterocycles. The van der Waals surface area contributed by atoms with Gasteiger partial charge in [-0.1, -0.05) is 60.6 Å². The van der Waals surface area contributed by atoms with Gasteiger partial charge in [0.15, 0.2) is 5.78 Å². The summed E-state index contributed by atoms with van der Waals surface area (Å²) in [5.74, 6) is -2.78. The standard InChI is InChI=1S/C36H60N6O6/c1-11-41(12-2)20-14-13-15-29(35(48)37-21-30(43)24(3)4)42(25(5)6)32(45)23-39-33(46)26(7)40-31(44)22-38-34(47)27-16-18-28(19-17-27)36(8,9)10/h16-19,24-26,29H,11-15,20-23H2,1-10H3,(H,37,48)(H,38,47)(H,39,46)(H,40,44). The van der Waals surface area contributed by atoms with Crippen LogP contribution in [0, 0.1) is 5.92 Å². The Balaban J connectivity index is 2.80. The second-order valence-electron chi connectivity index (χ2n) is 13.8. The molecule has 0 fully saturated rings. The van der Waals surface area contributed by atoms with Crippen molar-refractivity contribution in [1.29, 1.82) is 0 Å². The highest BCUT2D eigenvalue weighted by Crippen LogP contribution is 2.22. The Morgan fingerprint density at radius 2 is 1.33 bits per heavy atom. The van der Waals surface area contributed by atoms with Crippen LogP contribution in [0.3, 0.4) is 0 Å². The topological polar surface area (TPSA) is 157 Å². The van der Waals surface area contributed by atoms with Gasteiger partial charge in [-0.15, -0.1) is 0 Å². The molecule has 1 aromatic rings. The van der Waals surface area contributed by atoms with E-state index in [2.05, 4.69) is 60.8 Å². The summed E-state index contributed by atoms with van der Waals surface area (Å²) in [6.45, 7) is 20.9. The van der Waals surface area contributed by atoms with Gasteiger partial charge in [0.1, 0.15) is 12.1 Å². The second-order valence-corrected chi connectivity index (χ2v) is 13.8. The number of Topliss-reactive ketones (excluding diaryl/α,β-unsaturated/α-hetero) is 1. The van der Waals surface area contributed by atoms with Crippen molar-refractivity contribution in [3.8, 4) is 0 Å². The van der Waals surface area contributed by atoms with Crippen LogP contribution in [-0.4, -0.2) is 103 Å². The molecule has 0 aliphatic carbocycles. The van der Waals surface area contributed by atoms with Crippen molar-refractivity contribution < 1.29 is 28.8 Å². The van der Waals surface area contributed by atoms with Crippen molar-refractivity contribution in [2.75, 3.05) is 39.3 Å². The molecule has 0 bridgehead atoms. The minimum absolute atomic E-state index is 0.0561. The predicted molar refractivity (Wildman–Crippen MR) is 188 cm³/mol. The molecule has 2 unspecified atom stereocenters. The predicted octanol–water partition coefficient (Wildman–Crippen LogP) is 2.79. The molecule has 0 radical (unpaired) electrons. The Kier molecular flexibility index (Phi) is 18.1. The van der Waals surface area contributed by atoms with Crippen LogP contribution in [0.4, 0.5) is 0 Å². The molecule has 5 amide bonds. The van der Waals surface area contributed by atoms with Crippen LogP contribution in [0.1, 0.15) is 104 Å². The first-order valence-corrected chi connectivity index (χ1v) is 17.2. The van der Waals surface area contributed by atoms with E-state index in [4.69, 9.17) is 0 Å². The van der Waals surface area contributed by atoms with Crippen LogP contribution < -0.4 is 21.3 Å². The quantitative estimate of drug-likeness (QED) is 0.155. The summed E-state index contributed by atoms with van der Waals surface area (Å²) in [5.41, 5.74) is 1.44. The van der Waals surface area contributed by atoms with Gasteiger partial charge in [0.05, 0.1) is 19.6 Å². The fourth-order valence-corrected chi connectivity index (χ4v) is 5.08. The van der Waals surface area contributed by atoms with E-state index < -0.39 is 41.6 Å². The van der Waals surface area contributed by atoms with Crippen molar-refractivity contribution in [2.45, 2.75) is 112 Å². The number of hydrogen-bond acceptors (Lipinski definition) is 7. The molecule has 0 saturated carbocycles. The zero-order valence-electron chi connectivity index (χ0n) is 30.8. The Bertz CT molecular complexity index is 1220. The molecule has 2 atom stereocenters. The third-order valence-corrected chi connectivity index (χ3v) is 8.27. The van der Waals surface area contributed by atoms with E-state index in [1.807, 2.05) is 12.1 Å². The Morgan fingerprint density at radius 1 is 0.750 bits per heavy atom. The lowest BCUT2D eigenvalue weighted by Crippen LogP contribution is -2.56. The number of nitrogens with one attached hydrogen (secondary N) is 4. The van der Waals surface area contributed by atoms with Gasteiger partial charge >= 0.3 is 0 Å². The lowest BCUT2D eigenvalue weighted by Gasteiger charge is -2.34. The maximum Gasteiger partial charge on any atom is 0.251 e. The molecular formula is C36H60N6O6. The third-order valence-electron chi connectivity index (χ3n) is 8.27. The van der Waals surface area contributed by atoms with Gasteiger partial charge in [0.25, 0.3) is 5.91 Å². The molecule has 12 nitrogen and oxygen atoms in total. The maximum atomic E-state index is 13.5. The molecule has 0 aliphatic heterocycles. The SMILES string of the molecule is CCN(CC)CCCCC(C(=O)NCC(=O)C(C)C)N(C(=O)CNC(=O)C(C)NC(=O)CNC(=O)c1ccc(C(C)(C)C)cc1)C(C)C. The fraction of sp³-hybridized carbons (Fsp3) is 0.667. The lowest BCUT2D eigenvalue weighted by atomic mass is 9.87. The Hall–Kier alpha value is -3.80. The van der Waals surface area contributed by atoms with Crippen molar-refractivity contribution in [3.63, 3.8) is 0 Å². The van der Waals surface area contributed by atoms with E-state index in [-0.39, 0.29) is 42.8 Å². The first kappa shape index (κ1) is 42.2. The molecule has 1 rings (SSSR count). The molecule has 0 spiro atoms. The van der Waals surface area contributed by atoms with Crippen LogP contribution in [0.2, 0.25) is 0 Å². The minimum Gasteiger partial charge on any atom is -0.347 e. The number of carbonyl (C=O) groups excluding carboxylic acids is 6. The molecule has 12 heteroatoms. The number of unbranched alkanes of at least 4 members (excludes halogenated alkanes) is 1. The summed E-state index contributed by atoms with van der Waals surface area (Å²) in [6, 6.07) is 4.98. The van der Waals surface area contributed by atoms with Gasteiger partial charge in [-0.25, -0.2) is 0 Å². The summed E-state index contributed by atoms with van der Waals surface area (Å²) in [5, 5.41) is 10.4. The Labute approximate surface area is 287 Å². The summed E-state index contributed by atoms with van der Waals surface area (Å²) >= 11 is 0. The zero-order valence-corrected chi connectivity index (χ0v) is 30.8. The Morgan fingerprint density at radius 3 is 1.85 bits per heavy atom. The first-order valence-electron chi connectivity index (χ1n) is 17.2. The average Bonchev–Trinajstić information content (AvgIpc) is 3.03. The van der Waals surface area contributed by atoms with E-state index in [0.29, 0.717) is 18.4 Å². The average molecular weight is 673 g/mol. The van der Waals surface area contributed by atoms with Gasteiger partial charge in [0, 0.05) is 17.5 Å². The number of carbonyl (C=O) groups is 6. The number of nitrogens with zero attached hydrogens (tertiary/aromatic N) is 2. The number of benzene rings is 1. The summed E-state index contributed by atoms with van der Waals surface area (Å²) in [4.78, 5) is 80.6. The van der Waals surface area contributed by atoms with Crippen LogP contribution in [-0.2, 0) is 29.4 Å². The highest BCUT2D eigenvalue weighted by molar-refractivity contribution is 5.97. The second kappa shape index (κ2) is 20.5. The van der Waals surface area contributed by atoms with E-state index in [0.717, 1.165) is 31.6 Å². The largest absolute Gasteiger partial charge is 0.347 e. The molecule has 48 heavy (non-hydrogen) atoms. The molecule has 1 aromatic carbocycles. The van der Waals surface area contributed by atoms with Crippen molar-refractivity contribution in [3.05, 3.63) is 35.4 Å². The number of hydrogen-bond donors (Lipinski definition) is 4. The van der Waals surface area contributed by atoms with Crippen LogP contribution >= 0.6 is 0 Å². The molecule has 0 aromatic heterocycles. The smallest absolute Gasteiger partial charge is 0.251 e. The summed E-state index contributed by atoms with van der Waals surface area (Å²) in [7, 11) is 0. The van der Waals surface area contributed by atoms with Crippen molar-refractivity contribution >= 4 is 35.3 Å². The van der Waals surface area contributed by atoms with Crippen LogP contribution in [0.25, 0.3) is 0 Å². The summed E-state index contributed by atoms with van der Waals surface area (Å²) < 4.78 is 0. The number of ketones is 1. The van der Waals surface area contributed by atoms with Gasteiger partial charge < -0.3 is 31.1 Å². The number of amides is 5. The molecular weight excluding hydrogens is 612 g/mol. The van der Waals surface area contributed by atoms with Crippen LogP contribution in [0.15, 0.2) is 24.3 Å². The molecule has 270 valence electrons. The normalized spacial score (nSPS) is 12.8. The van der Waals surface area contributed by atoms with Gasteiger partial charge in [-0.05, 0) is 82.8 Å². The monoisotopic (exact) mass is 672 g/mol. The fourth-order valence-electron chi connectivity index (χ4n) is 5.08. The maximum absolute atomic E-state index is 13.5. The lowest BCUT2D eigenvalue weighted by molar-refractivity contribution is -0.143. The summed E-state index contributed by atoms with van der Waals surface area (Å²) in [6.07, 6.45) is 1.94. The minimum atomic E-state index is -0.984. The first-order chi connectivity index (χ1) is 22.4. The highest BCUT2D eigenvalue weighted by atomic mass is 16.2. The van der Waals surface area contributed by atoms with Gasteiger partial charge in [-0.3, -0.25) is 28.8 Å². The zero-order chi connectivity index (χ0) is 36.6. The van der Waals surface area contributed by atoms with Gasteiger partial charge in [0.2, 0.25) is 23.6 Å². The van der Waals surface area contributed by atoms with Gasteiger partial charge in [-0.2, -0.15) is 0 Å². The molecule has 0 heterocycles. The molecule has 4 N–H and O–H groups in total. The van der Waals surface area contributed by atoms with Crippen molar-refractivity contribution in [1.82, 2.24) is 31.1 Å². The number of rotatable bonds is 20.